The summed E-state index contributed by atoms with van der Waals surface area (Å²) in [5, 5.41) is 15.9. The lowest BCUT2D eigenvalue weighted by Crippen LogP contribution is -2.36. The van der Waals surface area contributed by atoms with Crippen LogP contribution in [-0.2, 0) is 11.3 Å². The van der Waals surface area contributed by atoms with Crippen molar-refractivity contribution in [3.05, 3.63) is 69.5 Å². The predicted octanol–water partition coefficient (Wildman–Crippen LogP) is 1.34. The number of aromatic nitrogens is 1. The van der Waals surface area contributed by atoms with Crippen molar-refractivity contribution in [1.82, 2.24) is 15.6 Å². The van der Waals surface area contributed by atoms with Crippen LogP contribution in [0.15, 0.2) is 42.6 Å². The van der Waals surface area contributed by atoms with Gasteiger partial charge in [0, 0.05) is 23.4 Å². The van der Waals surface area contributed by atoms with E-state index >= 15 is 0 Å². The van der Waals surface area contributed by atoms with Crippen molar-refractivity contribution in [2.45, 2.75) is 13.5 Å². The lowest BCUT2D eigenvalue weighted by Gasteiger charge is -2.07. The molecule has 1 aromatic heterocycles. The van der Waals surface area contributed by atoms with Crippen LogP contribution in [-0.4, -0.2) is 28.3 Å². The molecule has 0 aliphatic heterocycles. The number of nitro benzene ring substituents is 1. The fourth-order valence-electron chi connectivity index (χ4n) is 1.96. The molecule has 2 aromatic rings. The van der Waals surface area contributed by atoms with Crippen molar-refractivity contribution in [1.29, 1.82) is 0 Å². The van der Waals surface area contributed by atoms with Gasteiger partial charge in [-0.2, -0.15) is 0 Å². The maximum atomic E-state index is 12.0. The molecule has 24 heavy (non-hydrogen) atoms. The average molecular weight is 328 g/mol. The Morgan fingerprint density at radius 2 is 2.00 bits per heavy atom. The first-order valence-electron chi connectivity index (χ1n) is 7.17. The molecule has 0 aliphatic rings. The van der Waals surface area contributed by atoms with Gasteiger partial charge >= 0.3 is 0 Å². The van der Waals surface area contributed by atoms with E-state index in [-0.39, 0.29) is 30.2 Å². The molecule has 0 saturated heterocycles. The number of nitro groups is 1. The van der Waals surface area contributed by atoms with E-state index in [4.69, 9.17) is 0 Å². The zero-order valence-electron chi connectivity index (χ0n) is 13.0. The van der Waals surface area contributed by atoms with E-state index in [2.05, 4.69) is 15.6 Å². The summed E-state index contributed by atoms with van der Waals surface area (Å²) in [5.74, 6) is -0.929. The van der Waals surface area contributed by atoms with Gasteiger partial charge < -0.3 is 10.6 Å². The third kappa shape index (κ3) is 4.60. The first-order valence-corrected chi connectivity index (χ1v) is 7.17. The fourth-order valence-corrected chi connectivity index (χ4v) is 1.96. The maximum absolute atomic E-state index is 12.0. The summed E-state index contributed by atoms with van der Waals surface area (Å²) in [7, 11) is 0. The third-order valence-corrected chi connectivity index (χ3v) is 3.27. The summed E-state index contributed by atoms with van der Waals surface area (Å²) in [4.78, 5) is 38.1. The Labute approximate surface area is 138 Å². The van der Waals surface area contributed by atoms with E-state index in [1.807, 2.05) is 0 Å². The van der Waals surface area contributed by atoms with E-state index < -0.39 is 10.8 Å². The first kappa shape index (κ1) is 17.1. The largest absolute Gasteiger partial charge is 0.349 e. The molecule has 0 unspecified atom stereocenters. The second kappa shape index (κ2) is 7.82. The molecule has 0 spiro atoms. The number of amides is 2. The molecule has 124 valence electrons. The summed E-state index contributed by atoms with van der Waals surface area (Å²) in [6.07, 6.45) is 1.62. The van der Waals surface area contributed by atoms with Crippen LogP contribution in [0.25, 0.3) is 0 Å². The lowest BCUT2D eigenvalue weighted by molar-refractivity contribution is -0.385. The van der Waals surface area contributed by atoms with E-state index in [1.54, 1.807) is 31.3 Å². The van der Waals surface area contributed by atoms with Crippen LogP contribution in [0.3, 0.4) is 0 Å². The molecule has 0 atom stereocenters. The number of hydrogen-bond donors (Lipinski definition) is 2. The van der Waals surface area contributed by atoms with Gasteiger partial charge in [0.05, 0.1) is 23.7 Å². The molecular weight excluding hydrogens is 312 g/mol. The molecule has 0 bridgehead atoms. The van der Waals surface area contributed by atoms with Gasteiger partial charge in [0.1, 0.15) is 0 Å². The zero-order valence-corrected chi connectivity index (χ0v) is 13.0. The zero-order chi connectivity index (χ0) is 17.5. The highest BCUT2D eigenvalue weighted by Crippen LogP contribution is 2.19. The fraction of sp³-hybridized carbons (Fsp3) is 0.188. The normalized spacial score (nSPS) is 10.0. The van der Waals surface area contributed by atoms with Crippen molar-refractivity contribution in [2.75, 3.05) is 6.54 Å². The highest BCUT2D eigenvalue weighted by atomic mass is 16.6. The van der Waals surface area contributed by atoms with Gasteiger partial charge in [-0.1, -0.05) is 12.1 Å². The average Bonchev–Trinajstić information content (AvgIpc) is 2.59. The van der Waals surface area contributed by atoms with Gasteiger partial charge in [-0.3, -0.25) is 24.7 Å². The van der Waals surface area contributed by atoms with Crippen molar-refractivity contribution < 1.29 is 14.5 Å². The molecule has 2 rings (SSSR count). The van der Waals surface area contributed by atoms with Crippen LogP contribution in [0.4, 0.5) is 5.69 Å². The van der Waals surface area contributed by atoms with Gasteiger partial charge in [0.25, 0.3) is 11.6 Å². The minimum absolute atomic E-state index is 0.129. The molecule has 2 N–H and O–H groups in total. The van der Waals surface area contributed by atoms with Crippen LogP contribution in [0.2, 0.25) is 0 Å². The predicted molar refractivity (Wildman–Crippen MR) is 86.3 cm³/mol. The minimum atomic E-state index is -0.550. The molecule has 0 aliphatic carbocycles. The smallest absolute Gasteiger partial charge is 0.273 e. The Hall–Kier alpha value is -3.29. The van der Waals surface area contributed by atoms with Crippen LogP contribution >= 0.6 is 0 Å². The number of nitrogens with one attached hydrogen (secondary N) is 2. The molecular formula is C16H16N4O4. The second-order valence-corrected chi connectivity index (χ2v) is 5.04. The van der Waals surface area contributed by atoms with Gasteiger partial charge in [-0.25, -0.2) is 0 Å². The number of carbonyl (C=O) groups is 2. The topological polar surface area (TPSA) is 114 Å². The van der Waals surface area contributed by atoms with E-state index in [9.17, 15) is 19.7 Å². The maximum Gasteiger partial charge on any atom is 0.273 e. The van der Waals surface area contributed by atoms with Crippen molar-refractivity contribution in [3.8, 4) is 0 Å². The monoisotopic (exact) mass is 328 g/mol. The quantitative estimate of drug-likeness (QED) is 0.613. The number of pyridine rings is 1. The Kier molecular flexibility index (Phi) is 5.56. The number of carbonyl (C=O) groups excluding carboxylic acids is 2. The summed E-state index contributed by atoms with van der Waals surface area (Å²) in [6, 6.07) is 9.51. The standard InChI is InChI=1S/C16H16N4O4/c1-11-5-6-12(8-14(11)20(23)24)16(22)19-10-15(21)18-9-13-4-2-3-7-17-13/h2-8H,9-10H2,1H3,(H,18,21)(H,19,22). The van der Waals surface area contributed by atoms with Crippen LogP contribution in [0.5, 0.6) is 0 Å². The molecule has 0 radical (unpaired) electrons. The summed E-state index contributed by atoms with van der Waals surface area (Å²) in [6.45, 7) is 1.61. The highest BCUT2D eigenvalue weighted by Gasteiger charge is 2.15. The molecule has 1 heterocycles. The third-order valence-electron chi connectivity index (χ3n) is 3.27. The van der Waals surface area contributed by atoms with Gasteiger partial charge in [-0.15, -0.1) is 0 Å². The summed E-state index contributed by atoms with van der Waals surface area (Å²) < 4.78 is 0. The van der Waals surface area contributed by atoms with Crippen molar-refractivity contribution in [2.24, 2.45) is 0 Å². The van der Waals surface area contributed by atoms with Crippen LogP contribution in [0, 0.1) is 17.0 Å². The molecule has 8 nitrogen and oxygen atoms in total. The Balaban J connectivity index is 1.87. The first-order chi connectivity index (χ1) is 11.5. The molecule has 2 amide bonds. The van der Waals surface area contributed by atoms with Crippen molar-refractivity contribution >= 4 is 17.5 Å². The Bertz CT molecular complexity index is 762. The molecule has 1 aromatic carbocycles. The van der Waals surface area contributed by atoms with Gasteiger partial charge in [-0.05, 0) is 25.1 Å². The Morgan fingerprint density at radius 3 is 2.67 bits per heavy atom. The van der Waals surface area contributed by atoms with E-state index in [1.165, 1.54) is 18.2 Å². The van der Waals surface area contributed by atoms with E-state index in [0.717, 1.165) is 0 Å². The van der Waals surface area contributed by atoms with E-state index in [0.29, 0.717) is 11.3 Å². The Morgan fingerprint density at radius 1 is 1.21 bits per heavy atom. The molecule has 0 saturated carbocycles. The molecule has 0 fully saturated rings. The summed E-state index contributed by atoms with van der Waals surface area (Å²) in [5.41, 5.74) is 1.16. The SMILES string of the molecule is Cc1ccc(C(=O)NCC(=O)NCc2ccccn2)cc1[N+](=O)[O-]. The number of benzene rings is 1. The van der Waals surface area contributed by atoms with Crippen molar-refractivity contribution in [3.63, 3.8) is 0 Å². The van der Waals surface area contributed by atoms with Crippen LogP contribution < -0.4 is 10.6 Å². The van der Waals surface area contributed by atoms with Gasteiger partial charge in [0.15, 0.2) is 0 Å². The molecule has 8 heteroatoms. The number of rotatable bonds is 6. The second-order valence-electron chi connectivity index (χ2n) is 5.04. The van der Waals surface area contributed by atoms with Crippen LogP contribution in [0.1, 0.15) is 21.6 Å². The minimum Gasteiger partial charge on any atom is -0.349 e. The highest BCUT2D eigenvalue weighted by molar-refractivity contribution is 5.97. The van der Waals surface area contributed by atoms with Gasteiger partial charge in [0.2, 0.25) is 5.91 Å². The lowest BCUT2D eigenvalue weighted by atomic mass is 10.1. The summed E-state index contributed by atoms with van der Waals surface area (Å²) >= 11 is 0. The number of hydrogen-bond acceptors (Lipinski definition) is 5. The number of aryl methyl sites for hydroxylation is 1. The number of nitrogens with zero attached hydrogens (tertiary/aromatic N) is 2.